The first-order valence-corrected chi connectivity index (χ1v) is 7.76. The molecule has 1 aliphatic heterocycles. The minimum absolute atomic E-state index is 0.0999. The monoisotopic (exact) mass is 280 g/mol. The highest BCUT2D eigenvalue weighted by atomic mass is 16.6. The van der Waals surface area contributed by atoms with E-state index in [1.54, 1.807) is 0 Å². The van der Waals surface area contributed by atoms with Gasteiger partial charge in [0, 0.05) is 6.92 Å². The van der Waals surface area contributed by atoms with Crippen LogP contribution in [0.5, 0.6) is 0 Å². The highest BCUT2D eigenvalue weighted by molar-refractivity contribution is 5.66. The highest BCUT2D eigenvalue weighted by Gasteiger charge is 2.48. The molecule has 0 saturated carbocycles. The van der Waals surface area contributed by atoms with Crippen molar-refractivity contribution in [3.8, 4) is 0 Å². The molecule has 20 heavy (non-hydrogen) atoms. The number of hydrogen-bond acceptors (Lipinski definition) is 3. The van der Waals surface area contributed by atoms with E-state index in [4.69, 9.17) is 9.47 Å². The molecule has 0 radical (unpaired) electrons. The van der Waals surface area contributed by atoms with Gasteiger partial charge < -0.3 is 9.47 Å². The standard InChI is InChI=1S/C17H28O3/c1-12-6-8-14(9-7-12)17(5)11-10-15(19-13(2)18)16(3,4)20-17/h6,14-15H,7-11H2,1-5H3/t14-,15+,17+/m1/s1. The molecule has 3 heteroatoms. The summed E-state index contributed by atoms with van der Waals surface area (Å²) in [6.45, 7) is 10.0. The largest absolute Gasteiger partial charge is 0.460 e. The average molecular weight is 280 g/mol. The van der Waals surface area contributed by atoms with Crippen LogP contribution < -0.4 is 0 Å². The molecule has 3 atom stereocenters. The number of esters is 1. The maximum absolute atomic E-state index is 11.2. The van der Waals surface area contributed by atoms with Gasteiger partial charge in [0.2, 0.25) is 0 Å². The number of carbonyl (C=O) groups is 1. The van der Waals surface area contributed by atoms with Crippen molar-refractivity contribution in [2.75, 3.05) is 0 Å². The minimum Gasteiger partial charge on any atom is -0.460 e. The molecule has 0 spiro atoms. The van der Waals surface area contributed by atoms with E-state index >= 15 is 0 Å². The number of allylic oxidation sites excluding steroid dienone is 2. The lowest BCUT2D eigenvalue weighted by Crippen LogP contribution is -2.56. The Kier molecular flexibility index (Phi) is 4.29. The summed E-state index contributed by atoms with van der Waals surface area (Å²) in [5, 5.41) is 0. The predicted molar refractivity (Wildman–Crippen MR) is 79.5 cm³/mol. The van der Waals surface area contributed by atoms with Crippen molar-refractivity contribution < 1.29 is 14.3 Å². The first-order chi connectivity index (χ1) is 9.23. The molecule has 0 unspecified atom stereocenters. The summed E-state index contributed by atoms with van der Waals surface area (Å²) in [4.78, 5) is 11.2. The van der Waals surface area contributed by atoms with E-state index in [9.17, 15) is 4.79 Å². The van der Waals surface area contributed by atoms with Crippen LogP contribution in [-0.4, -0.2) is 23.3 Å². The number of ether oxygens (including phenoxy) is 2. The Morgan fingerprint density at radius 2 is 2.05 bits per heavy atom. The van der Waals surface area contributed by atoms with Crippen LogP contribution in [0.2, 0.25) is 0 Å². The minimum atomic E-state index is -0.408. The molecule has 1 fully saturated rings. The summed E-state index contributed by atoms with van der Waals surface area (Å²) in [6.07, 6.45) is 7.57. The van der Waals surface area contributed by atoms with Gasteiger partial charge >= 0.3 is 5.97 Å². The van der Waals surface area contributed by atoms with Crippen LogP contribution in [0.4, 0.5) is 0 Å². The third kappa shape index (κ3) is 3.25. The van der Waals surface area contributed by atoms with Crippen molar-refractivity contribution >= 4 is 5.97 Å². The van der Waals surface area contributed by atoms with Gasteiger partial charge in [-0.2, -0.15) is 0 Å². The van der Waals surface area contributed by atoms with Gasteiger partial charge in [-0.25, -0.2) is 0 Å². The molecular formula is C17H28O3. The second kappa shape index (κ2) is 5.51. The van der Waals surface area contributed by atoms with E-state index in [0.717, 1.165) is 19.3 Å². The van der Waals surface area contributed by atoms with Crippen molar-refractivity contribution in [1.82, 2.24) is 0 Å². The zero-order valence-corrected chi connectivity index (χ0v) is 13.5. The van der Waals surface area contributed by atoms with E-state index < -0.39 is 5.60 Å². The zero-order chi connectivity index (χ0) is 15.0. The maximum atomic E-state index is 11.2. The van der Waals surface area contributed by atoms with E-state index in [-0.39, 0.29) is 17.7 Å². The van der Waals surface area contributed by atoms with Crippen LogP contribution in [0, 0.1) is 5.92 Å². The molecule has 114 valence electrons. The normalized spacial score (nSPS) is 37.1. The Morgan fingerprint density at radius 3 is 2.55 bits per heavy atom. The Balaban J connectivity index is 2.07. The molecule has 0 aromatic carbocycles. The van der Waals surface area contributed by atoms with Crippen LogP contribution in [0.25, 0.3) is 0 Å². The number of carbonyl (C=O) groups excluding carboxylic acids is 1. The molecule has 0 bridgehead atoms. The fourth-order valence-corrected chi connectivity index (χ4v) is 3.69. The Hall–Kier alpha value is -0.830. The fraction of sp³-hybridized carbons (Fsp3) is 0.824. The van der Waals surface area contributed by atoms with Crippen LogP contribution in [-0.2, 0) is 14.3 Å². The van der Waals surface area contributed by atoms with Crippen molar-refractivity contribution in [2.45, 2.75) is 84.0 Å². The molecule has 3 nitrogen and oxygen atoms in total. The van der Waals surface area contributed by atoms with Crippen LogP contribution in [0.1, 0.15) is 66.7 Å². The molecule has 1 heterocycles. The van der Waals surface area contributed by atoms with Gasteiger partial charge in [-0.1, -0.05) is 11.6 Å². The van der Waals surface area contributed by atoms with Crippen LogP contribution in [0.15, 0.2) is 11.6 Å². The zero-order valence-electron chi connectivity index (χ0n) is 13.5. The van der Waals surface area contributed by atoms with Crippen molar-refractivity contribution in [2.24, 2.45) is 5.92 Å². The van der Waals surface area contributed by atoms with E-state index in [1.807, 2.05) is 13.8 Å². The van der Waals surface area contributed by atoms with E-state index in [2.05, 4.69) is 19.9 Å². The van der Waals surface area contributed by atoms with Gasteiger partial charge in [0.1, 0.15) is 11.7 Å². The molecule has 0 N–H and O–H groups in total. The molecular weight excluding hydrogens is 252 g/mol. The lowest BCUT2D eigenvalue weighted by atomic mass is 9.73. The Labute approximate surface area is 122 Å². The van der Waals surface area contributed by atoms with Crippen molar-refractivity contribution in [3.05, 3.63) is 11.6 Å². The predicted octanol–water partition coefficient (Wildman–Crippen LogP) is 4.01. The van der Waals surface area contributed by atoms with Gasteiger partial charge in [-0.15, -0.1) is 0 Å². The number of rotatable bonds is 2. The molecule has 1 aliphatic carbocycles. The van der Waals surface area contributed by atoms with E-state index in [1.165, 1.54) is 25.3 Å². The molecule has 2 aliphatic rings. The van der Waals surface area contributed by atoms with Crippen molar-refractivity contribution in [1.29, 1.82) is 0 Å². The topological polar surface area (TPSA) is 35.5 Å². The van der Waals surface area contributed by atoms with E-state index in [0.29, 0.717) is 5.92 Å². The summed E-state index contributed by atoms with van der Waals surface area (Å²) in [5.41, 5.74) is 0.990. The van der Waals surface area contributed by atoms with Gasteiger partial charge in [0.15, 0.2) is 0 Å². The number of hydrogen-bond donors (Lipinski definition) is 0. The second-order valence-electron chi connectivity index (χ2n) is 7.18. The van der Waals surface area contributed by atoms with Gasteiger partial charge in [0.05, 0.1) is 5.60 Å². The SMILES string of the molecule is CC(=O)O[C@H]1CC[C@@](C)([C@@H]2CC=C(C)CC2)OC1(C)C. The average Bonchev–Trinajstić information content (AvgIpc) is 2.32. The summed E-state index contributed by atoms with van der Waals surface area (Å²) < 4.78 is 11.9. The van der Waals surface area contributed by atoms with Gasteiger partial charge in [-0.3, -0.25) is 4.79 Å². The molecule has 1 saturated heterocycles. The summed E-state index contributed by atoms with van der Waals surface area (Å²) in [5.74, 6) is 0.357. The summed E-state index contributed by atoms with van der Waals surface area (Å²) in [7, 11) is 0. The second-order valence-corrected chi connectivity index (χ2v) is 7.18. The molecule has 0 aromatic heterocycles. The molecule has 0 amide bonds. The first-order valence-electron chi connectivity index (χ1n) is 7.76. The third-order valence-electron chi connectivity index (χ3n) is 4.98. The van der Waals surface area contributed by atoms with Crippen LogP contribution in [0.3, 0.4) is 0 Å². The first kappa shape index (κ1) is 15.6. The fourth-order valence-electron chi connectivity index (χ4n) is 3.69. The maximum Gasteiger partial charge on any atom is 0.303 e. The summed E-state index contributed by atoms with van der Waals surface area (Å²) >= 11 is 0. The molecule has 0 aromatic rings. The quantitative estimate of drug-likeness (QED) is 0.566. The Bertz CT molecular complexity index is 410. The Morgan fingerprint density at radius 1 is 1.35 bits per heavy atom. The third-order valence-corrected chi connectivity index (χ3v) is 4.98. The smallest absolute Gasteiger partial charge is 0.303 e. The van der Waals surface area contributed by atoms with Gasteiger partial charge in [0.25, 0.3) is 0 Å². The van der Waals surface area contributed by atoms with Gasteiger partial charge in [-0.05, 0) is 65.7 Å². The lowest BCUT2D eigenvalue weighted by molar-refractivity contribution is -0.241. The highest BCUT2D eigenvalue weighted by Crippen LogP contribution is 2.45. The van der Waals surface area contributed by atoms with Crippen molar-refractivity contribution in [3.63, 3.8) is 0 Å². The lowest BCUT2D eigenvalue weighted by Gasteiger charge is -2.51. The molecule has 2 rings (SSSR count). The summed E-state index contributed by atoms with van der Waals surface area (Å²) in [6, 6.07) is 0. The van der Waals surface area contributed by atoms with Crippen LogP contribution >= 0.6 is 0 Å².